The standard InChI is InChI=1S/C14H12ClNO/c15-11-3-1-10-8-13-12(4-2-9(10)7-11)14(17)5-6-16-13/h1,3,5-7H,2,4,8H2,(H,16,17). The van der Waals surface area contributed by atoms with Crippen molar-refractivity contribution in [2.45, 2.75) is 19.3 Å². The highest BCUT2D eigenvalue weighted by atomic mass is 35.5. The topological polar surface area (TPSA) is 32.9 Å². The summed E-state index contributed by atoms with van der Waals surface area (Å²) < 4.78 is 0. The van der Waals surface area contributed by atoms with Crippen LogP contribution in [0.15, 0.2) is 35.3 Å². The van der Waals surface area contributed by atoms with Crippen LogP contribution in [0.5, 0.6) is 0 Å². The molecule has 0 amide bonds. The quantitative estimate of drug-likeness (QED) is 0.761. The van der Waals surface area contributed by atoms with Crippen molar-refractivity contribution in [1.29, 1.82) is 0 Å². The maximum absolute atomic E-state index is 11.8. The van der Waals surface area contributed by atoms with Gasteiger partial charge in [-0.1, -0.05) is 17.7 Å². The summed E-state index contributed by atoms with van der Waals surface area (Å²) in [5, 5.41) is 0.765. The van der Waals surface area contributed by atoms with E-state index in [1.807, 2.05) is 12.1 Å². The predicted molar refractivity (Wildman–Crippen MR) is 68.7 cm³/mol. The fourth-order valence-corrected chi connectivity index (χ4v) is 2.63. The molecule has 0 unspecified atom stereocenters. The molecule has 2 nitrogen and oxygen atoms in total. The minimum Gasteiger partial charge on any atom is -0.364 e. The molecule has 0 radical (unpaired) electrons. The Morgan fingerprint density at radius 2 is 2.00 bits per heavy atom. The third-order valence-electron chi connectivity index (χ3n) is 3.33. The molecule has 3 heteroatoms. The largest absolute Gasteiger partial charge is 0.364 e. The summed E-state index contributed by atoms with van der Waals surface area (Å²) in [6.07, 6.45) is 4.19. The zero-order valence-corrected chi connectivity index (χ0v) is 10.1. The van der Waals surface area contributed by atoms with Gasteiger partial charge in [-0.15, -0.1) is 0 Å². The van der Waals surface area contributed by atoms with E-state index in [1.165, 1.54) is 11.1 Å². The first kappa shape index (κ1) is 10.6. The van der Waals surface area contributed by atoms with Crippen LogP contribution in [-0.4, -0.2) is 4.98 Å². The highest BCUT2D eigenvalue weighted by Crippen LogP contribution is 2.24. The fourth-order valence-electron chi connectivity index (χ4n) is 2.44. The number of benzene rings is 1. The minimum atomic E-state index is 0.137. The van der Waals surface area contributed by atoms with Gasteiger partial charge in [0.05, 0.1) is 0 Å². The van der Waals surface area contributed by atoms with E-state index in [-0.39, 0.29) is 5.43 Å². The lowest BCUT2D eigenvalue weighted by atomic mass is 10.0. The Kier molecular flexibility index (Phi) is 2.52. The van der Waals surface area contributed by atoms with Crippen LogP contribution in [0.2, 0.25) is 5.02 Å². The van der Waals surface area contributed by atoms with Crippen LogP contribution in [0.4, 0.5) is 0 Å². The number of H-pyrrole nitrogens is 1. The Labute approximate surface area is 104 Å². The van der Waals surface area contributed by atoms with Crippen molar-refractivity contribution in [1.82, 2.24) is 4.98 Å². The molecular weight excluding hydrogens is 234 g/mol. The molecule has 0 atom stereocenters. The van der Waals surface area contributed by atoms with Crippen molar-refractivity contribution in [2.75, 3.05) is 0 Å². The fraction of sp³-hybridized carbons (Fsp3) is 0.214. The third-order valence-corrected chi connectivity index (χ3v) is 3.57. The lowest BCUT2D eigenvalue weighted by molar-refractivity contribution is 0.939. The average molecular weight is 246 g/mol. The second-order valence-electron chi connectivity index (χ2n) is 4.39. The second kappa shape index (κ2) is 4.04. The van der Waals surface area contributed by atoms with Crippen molar-refractivity contribution in [3.05, 3.63) is 68.1 Å². The van der Waals surface area contributed by atoms with Crippen molar-refractivity contribution in [3.63, 3.8) is 0 Å². The maximum Gasteiger partial charge on any atom is 0.185 e. The van der Waals surface area contributed by atoms with Gasteiger partial charge in [0.15, 0.2) is 5.43 Å². The van der Waals surface area contributed by atoms with Crippen molar-refractivity contribution < 1.29 is 0 Å². The van der Waals surface area contributed by atoms with E-state index in [2.05, 4.69) is 11.1 Å². The predicted octanol–water partition coefficient (Wildman–Crippen LogP) is 2.72. The minimum absolute atomic E-state index is 0.137. The van der Waals surface area contributed by atoms with Gasteiger partial charge in [-0.25, -0.2) is 0 Å². The Morgan fingerprint density at radius 1 is 1.12 bits per heavy atom. The first-order valence-corrected chi connectivity index (χ1v) is 6.08. The number of rotatable bonds is 0. The van der Waals surface area contributed by atoms with Gasteiger partial charge in [-0.05, 0) is 36.1 Å². The molecule has 1 aromatic heterocycles. The number of aromatic nitrogens is 1. The molecule has 86 valence electrons. The molecule has 0 aliphatic heterocycles. The number of halogens is 1. The van der Waals surface area contributed by atoms with Crippen LogP contribution in [0, 0.1) is 0 Å². The molecule has 17 heavy (non-hydrogen) atoms. The summed E-state index contributed by atoms with van der Waals surface area (Å²) in [5.41, 5.74) is 4.60. The number of fused-ring (bicyclic) bond motifs is 2. The molecule has 0 spiro atoms. The zero-order chi connectivity index (χ0) is 11.8. The second-order valence-corrected chi connectivity index (χ2v) is 4.83. The Morgan fingerprint density at radius 3 is 2.88 bits per heavy atom. The Bertz CT molecular complexity index is 630. The van der Waals surface area contributed by atoms with E-state index in [4.69, 9.17) is 11.6 Å². The van der Waals surface area contributed by atoms with Gasteiger partial charge in [-0.2, -0.15) is 0 Å². The molecule has 1 heterocycles. The normalized spacial score (nSPS) is 13.7. The van der Waals surface area contributed by atoms with Gasteiger partial charge in [0, 0.05) is 35.0 Å². The molecule has 1 N–H and O–H groups in total. The number of pyridine rings is 1. The third kappa shape index (κ3) is 1.89. The van der Waals surface area contributed by atoms with Crippen molar-refractivity contribution in [2.24, 2.45) is 0 Å². The highest BCUT2D eigenvalue weighted by molar-refractivity contribution is 6.30. The van der Waals surface area contributed by atoms with Crippen LogP contribution in [0.3, 0.4) is 0 Å². The van der Waals surface area contributed by atoms with Crippen LogP contribution in [-0.2, 0) is 19.3 Å². The van der Waals surface area contributed by atoms with Gasteiger partial charge in [-0.3, -0.25) is 4.79 Å². The van der Waals surface area contributed by atoms with Crippen LogP contribution < -0.4 is 5.43 Å². The number of nitrogens with one attached hydrogen (secondary N) is 1. The molecule has 1 aliphatic carbocycles. The van der Waals surface area contributed by atoms with Gasteiger partial charge in [0.1, 0.15) is 0 Å². The van der Waals surface area contributed by atoms with Crippen molar-refractivity contribution in [3.8, 4) is 0 Å². The summed E-state index contributed by atoms with van der Waals surface area (Å²) in [6, 6.07) is 7.57. The van der Waals surface area contributed by atoms with E-state index in [0.717, 1.165) is 35.5 Å². The number of hydrogen-bond acceptors (Lipinski definition) is 1. The molecule has 0 bridgehead atoms. The Balaban J connectivity index is 2.13. The summed E-state index contributed by atoms with van der Waals surface area (Å²) in [7, 11) is 0. The molecule has 0 saturated carbocycles. The molecule has 0 saturated heterocycles. The van der Waals surface area contributed by atoms with Crippen LogP contribution in [0.25, 0.3) is 0 Å². The number of aryl methyl sites for hydroxylation is 1. The molecule has 0 fully saturated rings. The van der Waals surface area contributed by atoms with Crippen LogP contribution in [0.1, 0.15) is 22.4 Å². The summed E-state index contributed by atoms with van der Waals surface area (Å²) in [5.74, 6) is 0. The lowest BCUT2D eigenvalue weighted by Crippen LogP contribution is -2.11. The number of aromatic amines is 1. The number of hydrogen-bond donors (Lipinski definition) is 1. The summed E-state index contributed by atoms with van der Waals surface area (Å²) in [4.78, 5) is 15.0. The lowest BCUT2D eigenvalue weighted by Gasteiger charge is -2.05. The first-order valence-electron chi connectivity index (χ1n) is 5.71. The van der Waals surface area contributed by atoms with E-state index in [0.29, 0.717) is 0 Å². The first-order chi connectivity index (χ1) is 8.24. The summed E-state index contributed by atoms with van der Waals surface area (Å²) >= 11 is 6.00. The molecular formula is C14H12ClNO. The van der Waals surface area contributed by atoms with E-state index in [9.17, 15) is 4.79 Å². The maximum atomic E-state index is 11.8. The smallest absolute Gasteiger partial charge is 0.185 e. The molecule has 1 aromatic carbocycles. The summed E-state index contributed by atoms with van der Waals surface area (Å²) in [6.45, 7) is 0. The van der Waals surface area contributed by atoms with Crippen molar-refractivity contribution >= 4 is 11.6 Å². The highest BCUT2D eigenvalue weighted by Gasteiger charge is 2.15. The molecule has 2 aromatic rings. The van der Waals surface area contributed by atoms with Gasteiger partial charge >= 0.3 is 0 Å². The van der Waals surface area contributed by atoms with E-state index < -0.39 is 0 Å². The average Bonchev–Trinajstić information content (AvgIpc) is 2.49. The Hall–Kier alpha value is -1.54. The molecule has 1 aliphatic rings. The molecule has 3 rings (SSSR count). The van der Waals surface area contributed by atoms with Gasteiger partial charge in [0.2, 0.25) is 0 Å². The van der Waals surface area contributed by atoms with Gasteiger partial charge < -0.3 is 4.98 Å². The van der Waals surface area contributed by atoms with E-state index >= 15 is 0 Å². The van der Waals surface area contributed by atoms with Crippen LogP contribution >= 0.6 is 11.6 Å². The SMILES string of the molecule is O=c1cc[nH]c2c1CCc1cc(Cl)ccc1C2. The monoisotopic (exact) mass is 245 g/mol. The van der Waals surface area contributed by atoms with Gasteiger partial charge in [0.25, 0.3) is 0 Å². The van der Waals surface area contributed by atoms with E-state index in [1.54, 1.807) is 12.3 Å². The zero-order valence-electron chi connectivity index (χ0n) is 9.29.